The number of aromatic nitrogens is 3. The van der Waals surface area contributed by atoms with Gasteiger partial charge in [-0.05, 0) is 37.1 Å². The fraction of sp³-hybridized carbons (Fsp3) is 0.381. The van der Waals surface area contributed by atoms with Gasteiger partial charge >= 0.3 is 0 Å². The zero-order valence-corrected chi connectivity index (χ0v) is 16.6. The molecule has 1 fully saturated rings. The van der Waals surface area contributed by atoms with Crippen molar-refractivity contribution in [3.05, 3.63) is 54.6 Å². The molecule has 0 atom stereocenters. The van der Waals surface area contributed by atoms with Crippen LogP contribution in [0.2, 0.25) is 0 Å². The molecule has 9 heteroatoms. The molecule has 4 rings (SSSR count). The van der Waals surface area contributed by atoms with Gasteiger partial charge in [0.1, 0.15) is 0 Å². The SMILES string of the molecule is O=C(CCCc1nc(-c2ccncc2)no1)N1CCCN(C(=O)c2ccco2)CC1. The largest absolute Gasteiger partial charge is 0.459 e. The molecule has 2 amide bonds. The smallest absolute Gasteiger partial charge is 0.289 e. The number of aryl methyl sites for hydroxylation is 1. The third-order valence-electron chi connectivity index (χ3n) is 5.06. The topological polar surface area (TPSA) is 106 Å². The molecule has 0 aliphatic carbocycles. The van der Waals surface area contributed by atoms with Crippen LogP contribution in [0.1, 0.15) is 35.7 Å². The molecule has 1 saturated heterocycles. The first-order chi connectivity index (χ1) is 14.7. The van der Waals surface area contributed by atoms with Crippen molar-refractivity contribution in [2.45, 2.75) is 25.7 Å². The van der Waals surface area contributed by atoms with Gasteiger partial charge in [0.15, 0.2) is 5.76 Å². The van der Waals surface area contributed by atoms with E-state index < -0.39 is 0 Å². The molecular weight excluding hydrogens is 386 g/mol. The van der Waals surface area contributed by atoms with Crippen molar-refractivity contribution in [3.8, 4) is 11.4 Å². The molecule has 0 saturated carbocycles. The van der Waals surface area contributed by atoms with Gasteiger partial charge in [-0.2, -0.15) is 4.98 Å². The average molecular weight is 409 g/mol. The standard InChI is InChI=1S/C21H23N5O4/c27-19(6-1-5-18-23-20(24-30-18)16-7-9-22-10-8-16)25-11-3-12-26(14-13-25)21(28)17-4-2-15-29-17/h2,4,7-10,15H,1,3,5-6,11-14H2. The summed E-state index contributed by atoms with van der Waals surface area (Å²) in [5.74, 6) is 1.32. The minimum absolute atomic E-state index is 0.0798. The Kier molecular flexibility index (Phi) is 6.17. The number of pyridine rings is 1. The molecule has 156 valence electrons. The summed E-state index contributed by atoms with van der Waals surface area (Å²) in [7, 11) is 0. The van der Waals surface area contributed by atoms with Crippen molar-refractivity contribution < 1.29 is 18.5 Å². The maximum absolute atomic E-state index is 12.6. The van der Waals surface area contributed by atoms with Gasteiger partial charge in [0.25, 0.3) is 5.91 Å². The predicted octanol–water partition coefficient (Wildman–Crippen LogP) is 2.42. The van der Waals surface area contributed by atoms with Crippen molar-refractivity contribution in [2.24, 2.45) is 0 Å². The molecule has 30 heavy (non-hydrogen) atoms. The first kappa shape index (κ1) is 19.8. The summed E-state index contributed by atoms with van der Waals surface area (Å²) in [5.41, 5.74) is 0.842. The number of rotatable bonds is 6. The van der Waals surface area contributed by atoms with Crippen LogP contribution in [0.5, 0.6) is 0 Å². The van der Waals surface area contributed by atoms with Crippen LogP contribution in [-0.2, 0) is 11.2 Å². The Morgan fingerprint density at radius 2 is 1.83 bits per heavy atom. The quantitative estimate of drug-likeness (QED) is 0.615. The average Bonchev–Trinajstić information content (AvgIpc) is 3.42. The van der Waals surface area contributed by atoms with Crippen LogP contribution < -0.4 is 0 Å². The monoisotopic (exact) mass is 409 g/mol. The molecule has 0 radical (unpaired) electrons. The van der Waals surface area contributed by atoms with Crippen LogP contribution in [0.25, 0.3) is 11.4 Å². The van der Waals surface area contributed by atoms with Crippen LogP contribution in [0, 0.1) is 0 Å². The van der Waals surface area contributed by atoms with Gasteiger partial charge in [-0.25, -0.2) is 0 Å². The lowest BCUT2D eigenvalue weighted by atomic mass is 10.2. The number of nitrogens with zero attached hydrogens (tertiary/aromatic N) is 5. The van der Waals surface area contributed by atoms with Crippen molar-refractivity contribution in [1.82, 2.24) is 24.9 Å². The van der Waals surface area contributed by atoms with Crippen molar-refractivity contribution in [3.63, 3.8) is 0 Å². The maximum Gasteiger partial charge on any atom is 0.289 e. The first-order valence-corrected chi connectivity index (χ1v) is 10.0. The summed E-state index contributed by atoms with van der Waals surface area (Å²) in [6.45, 7) is 2.29. The third-order valence-corrected chi connectivity index (χ3v) is 5.06. The molecule has 0 unspecified atom stereocenters. The van der Waals surface area contributed by atoms with Gasteiger partial charge < -0.3 is 18.7 Å². The highest BCUT2D eigenvalue weighted by molar-refractivity contribution is 5.91. The Morgan fingerprint density at radius 1 is 1.03 bits per heavy atom. The number of carbonyl (C=O) groups is 2. The van der Waals surface area contributed by atoms with Gasteiger partial charge in [0.2, 0.25) is 17.6 Å². The molecule has 9 nitrogen and oxygen atoms in total. The lowest BCUT2D eigenvalue weighted by molar-refractivity contribution is -0.131. The van der Waals surface area contributed by atoms with Crippen LogP contribution in [0.3, 0.4) is 0 Å². The van der Waals surface area contributed by atoms with Crippen LogP contribution in [0.4, 0.5) is 0 Å². The van der Waals surface area contributed by atoms with E-state index in [0.717, 1.165) is 12.0 Å². The molecule has 0 aromatic carbocycles. The second kappa shape index (κ2) is 9.34. The molecule has 3 aromatic rings. The highest BCUT2D eigenvalue weighted by Gasteiger charge is 2.24. The summed E-state index contributed by atoms with van der Waals surface area (Å²) >= 11 is 0. The fourth-order valence-electron chi connectivity index (χ4n) is 3.45. The third kappa shape index (κ3) is 4.73. The lowest BCUT2D eigenvalue weighted by Crippen LogP contribution is -2.37. The first-order valence-electron chi connectivity index (χ1n) is 10.0. The summed E-state index contributed by atoms with van der Waals surface area (Å²) in [5, 5.41) is 3.98. The molecule has 3 aromatic heterocycles. The van der Waals surface area contributed by atoms with Crippen molar-refractivity contribution in [2.75, 3.05) is 26.2 Å². The van der Waals surface area contributed by atoms with E-state index in [9.17, 15) is 9.59 Å². The van der Waals surface area contributed by atoms with Gasteiger partial charge in [-0.3, -0.25) is 14.6 Å². The Labute approximate surface area is 173 Å². The molecule has 1 aliphatic heterocycles. The Hall–Kier alpha value is -3.49. The second-order valence-electron chi connectivity index (χ2n) is 7.11. The highest BCUT2D eigenvalue weighted by Crippen LogP contribution is 2.16. The molecule has 1 aliphatic rings. The minimum Gasteiger partial charge on any atom is -0.459 e. The molecule has 0 N–H and O–H groups in total. The van der Waals surface area contributed by atoms with E-state index in [4.69, 9.17) is 8.94 Å². The second-order valence-corrected chi connectivity index (χ2v) is 7.11. The fourth-order valence-corrected chi connectivity index (χ4v) is 3.45. The Bertz CT molecular complexity index is 970. The van der Waals surface area contributed by atoms with Gasteiger partial charge in [0.05, 0.1) is 6.26 Å². The van der Waals surface area contributed by atoms with Crippen molar-refractivity contribution in [1.29, 1.82) is 0 Å². The number of hydrogen-bond acceptors (Lipinski definition) is 7. The van der Waals surface area contributed by atoms with E-state index in [1.165, 1.54) is 6.26 Å². The van der Waals surface area contributed by atoms with Crippen LogP contribution in [0.15, 0.2) is 51.9 Å². The van der Waals surface area contributed by atoms with E-state index in [-0.39, 0.29) is 11.8 Å². The number of amides is 2. The summed E-state index contributed by atoms with van der Waals surface area (Å²) < 4.78 is 10.5. The summed E-state index contributed by atoms with van der Waals surface area (Å²) in [6.07, 6.45) is 7.16. The summed E-state index contributed by atoms with van der Waals surface area (Å²) in [4.78, 5) is 36.9. The van der Waals surface area contributed by atoms with Gasteiger partial charge in [-0.1, -0.05) is 5.16 Å². The summed E-state index contributed by atoms with van der Waals surface area (Å²) in [6, 6.07) is 6.99. The van der Waals surface area contributed by atoms with E-state index in [1.807, 2.05) is 17.0 Å². The zero-order valence-electron chi connectivity index (χ0n) is 16.6. The minimum atomic E-state index is -0.129. The van der Waals surface area contributed by atoms with Gasteiger partial charge in [-0.15, -0.1) is 0 Å². The van der Waals surface area contributed by atoms with Crippen LogP contribution >= 0.6 is 0 Å². The molecule has 0 bridgehead atoms. The number of hydrogen-bond donors (Lipinski definition) is 0. The highest BCUT2D eigenvalue weighted by atomic mass is 16.5. The normalized spacial score (nSPS) is 14.5. The van der Waals surface area contributed by atoms with Gasteiger partial charge in [0, 0.05) is 57.0 Å². The Morgan fingerprint density at radius 3 is 2.63 bits per heavy atom. The number of furan rings is 1. The molecule has 4 heterocycles. The predicted molar refractivity (Wildman–Crippen MR) is 106 cm³/mol. The van der Waals surface area contributed by atoms with E-state index >= 15 is 0 Å². The van der Waals surface area contributed by atoms with Crippen LogP contribution in [-0.4, -0.2) is 62.9 Å². The Balaban J connectivity index is 1.24. The van der Waals surface area contributed by atoms with E-state index in [2.05, 4.69) is 15.1 Å². The molecule has 0 spiro atoms. The van der Waals surface area contributed by atoms with Crippen molar-refractivity contribution >= 4 is 11.8 Å². The van der Waals surface area contributed by atoms with E-state index in [1.54, 1.807) is 29.4 Å². The number of carbonyl (C=O) groups excluding carboxylic acids is 2. The lowest BCUT2D eigenvalue weighted by Gasteiger charge is -2.21. The zero-order chi connectivity index (χ0) is 20.8. The molecular formula is C21H23N5O4. The maximum atomic E-state index is 12.6. The van der Waals surface area contributed by atoms with E-state index in [0.29, 0.717) is 62.9 Å².